The molecule has 0 saturated carbocycles. The van der Waals surface area contributed by atoms with Gasteiger partial charge in [-0.05, 0) is 0 Å². The number of para-hydroxylation sites is 1. The van der Waals surface area contributed by atoms with Gasteiger partial charge >= 0.3 is 32.7 Å². The van der Waals surface area contributed by atoms with Gasteiger partial charge in [-0.1, -0.05) is 5.69 Å². The van der Waals surface area contributed by atoms with Gasteiger partial charge in [0.25, 0.3) is 0 Å². The van der Waals surface area contributed by atoms with E-state index in [1.807, 2.05) is 12.1 Å². The molecule has 0 aromatic heterocycles. The summed E-state index contributed by atoms with van der Waals surface area (Å²) in [5.41, 5.74) is 6.00. The fourth-order valence-corrected chi connectivity index (χ4v) is 0.532. The molecule has 0 fully saturated rings. The fraction of sp³-hybridized carbons (Fsp3) is 0.200. The maximum absolute atomic E-state index is 5.30. The number of nitrogens with one attached hydrogen (secondary N) is 1. The molecular weight excluding hydrogens is 237 g/mol. The SMILES string of the molecule is Nc1[c-]cccc1.[CH2-]CNC[CH2-].[Y+3]. The summed E-state index contributed by atoms with van der Waals surface area (Å²) in [6, 6.07) is 10.2. The van der Waals surface area contributed by atoms with Crippen LogP contribution >= 0.6 is 0 Å². The van der Waals surface area contributed by atoms with E-state index in [1.54, 1.807) is 12.1 Å². The van der Waals surface area contributed by atoms with Crippen molar-refractivity contribution in [3.05, 3.63) is 44.2 Å². The monoisotopic (exact) mass is 252 g/mol. The van der Waals surface area contributed by atoms with Crippen molar-refractivity contribution < 1.29 is 32.7 Å². The molecule has 0 aliphatic carbocycles. The van der Waals surface area contributed by atoms with Crippen molar-refractivity contribution in [2.24, 2.45) is 0 Å². The molecular formula is C10H15N2Y. The van der Waals surface area contributed by atoms with E-state index in [2.05, 4.69) is 25.2 Å². The second kappa shape index (κ2) is 12.1. The number of benzene rings is 1. The van der Waals surface area contributed by atoms with E-state index in [-0.39, 0.29) is 32.7 Å². The van der Waals surface area contributed by atoms with E-state index < -0.39 is 0 Å². The third-order valence-electron chi connectivity index (χ3n) is 1.09. The molecule has 0 atom stereocenters. The van der Waals surface area contributed by atoms with Crippen molar-refractivity contribution in [1.82, 2.24) is 5.32 Å². The number of hydrogen-bond donors (Lipinski definition) is 2. The Morgan fingerprint density at radius 3 is 2.08 bits per heavy atom. The molecule has 2 nitrogen and oxygen atoms in total. The number of hydrogen-bond acceptors (Lipinski definition) is 2. The summed E-state index contributed by atoms with van der Waals surface area (Å²) in [7, 11) is 0. The summed E-state index contributed by atoms with van der Waals surface area (Å²) < 4.78 is 0. The van der Waals surface area contributed by atoms with E-state index in [9.17, 15) is 0 Å². The maximum atomic E-state index is 5.30. The molecule has 0 heterocycles. The van der Waals surface area contributed by atoms with Gasteiger partial charge in [-0.25, -0.2) is 0 Å². The molecule has 1 aromatic rings. The van der Waals surface area contributed by atoms with Gasteiger partial charge in [0.2, 0.25) is 0 Å². The van der Waals surface area contributed by atoms with Crippen molar-refractivity contribution in [3.63, 3.8) is 0 Å². The first kappa shape index (κ1) is 15.6. The summed E-state index contributed by atoms with van der Waals surface area (Å²) in [4.78, 5) is 0. The number of rotatable bonds is 2. The molecule has 0 saturated heterocycles. The van der Waals surface area contributed by atoms with Crippen LogP contribution in [0.15, 0.2) is 24.3 Å². The van der Waals surface area contributed by atoms with Gasteiger partial charge < -0.3 is 24.9 Å². The van der Waals surface area contributed by atoms with Gasteiger partial charge in [0, 0.05) is 0 Å². The Labute approximate surface area is 106 Å². The summed E-state index contributed by atoms with van der Waals surface area (Å²) in [6.07, 6.45) is 0. The first-order valence-corrected chi connectivity index (χ1v) is 3.82. The smallest absolute Gasteiger partial charge is 0.420 e. The van der Waals surface area contributed by atoms with Crippen LogP contribution in [0, 0.1) is 19.9 Å². The van der Waals surface area contributed by atoms with E-state index in [1.165, 1.54) is 0 Å². The predicted octanol–water partition coefficient (Wildman–Crippen LogP) is 1.31. The zero-order valence-electron chi connectivity index (χ0n) is 7.79. The Kier molecular flexibility index (Phi) is 14.5. The third-order valence-corrected chi connectivity index (χ3v) is 1.09. The molecule has 13 heavy (non-hydrogen) atoms. The normalized spacial score (nSPS) is 7.85. The van der Waals surface area contributed by atoms with E-state index >= 15 is 0 Å². The van der Waals surface area contributed by atoms with Gasteiger partial charge in [-0.2, -0.15) is 24.3 Å². The minimum absolute atomic E-state index is 0. The van der Waals surface area contributed by atoms with E-state index in [0.717, 1.165) is 13.1 Å². The molecule has 3 heteroatoms. The van der Waals surface area contributed by atoms with Gasteiger partial charge in [0.05, 0.1) is 0 Å². The predicted molar refractivity (Wildman–Crippen MR) is 53.3 cm³/mol. The summed E-state index contributed by atoms with van der Waals surface area (Å²) >= 11 is 0. The second-order valence-corrected chi connectivity index (χ2v) is 2.07. The number of anilines is 1. The van der Waals surface area contributed by atoms with Crippen molar-refractivity contribution >= 4 is 5.69 Å². The minimum atomic E-state index is 0. The molecule has 0 aliphatic rings. The molecule has 0 unspecified atom stereocenters. The van der Waals surface area contributed by atoms with Crippen molar-refractivity contribution in [3.8, 4) is 0 Å². The molecule has 0 radical (unpaired) electrons. The van der Waals surface area contributed by atoms with Crippen molar-refractivity contribution in [1.29, 1.82) is 0 Å². The van der Waals surface area contributed by atoms with E-state index in [4.69, 9.17) is 5.73 Å². The average Bonchev–Trinajstić information content (AvgIpc) is 2.08. The molecule has 0 spiro atoms. The molecule has 0 bridgehead atoms. The molecule has 0 amide bonds. The summed E-state index contributed by atoms with van der Waals surface area (Å²) in [5.74, 6) is 0. The Morgan fingerprint density at radius 2 is 1.92 bits per heavy atom. The van der Waals surface area contributed by atoms with Gasteiger partial charge in [0.15, 0.2) is 0 Å². The Balaban J connectivity index is 0. The zero-order chi connectivity index (χ0) is 9.23. The van der Waals surface area contributed by atoms with E-state index in [0.29, 0.717) is 5.69 Å². The van der Waals surface area contributed by atoms with Gasteiger partial charge in [0.1, 0.15) is 0 Å². The van der Waals surface area contributed by atoms with Crippen molar-refractivity contribution in [2.75, 3.05) is 18.8 Å². The summed E-state index contributed by atoms with van der Waals surface area (Å²) in [5, 5.41) is 2.89. The zero-order valence-corrected chi connectivity index (χ0v) is 10.6. The van der Waals surface area contributed by atoms with Crippen LogP contribution in [0.5, 0.6) is 0 Å². The average molecular weight is 252 g/mol. The summed E-state index contributed by atoms with van der Waals surface area (Å²) in [6.45, 7) is 8.61. The van der Waals surface area contributed by atoms with Crippen LogP contribution in [0.1, 0.15) is 0 Å². The Morgan fingerprint density at radius 1 is 1.31 bits per heavy atom. The molecule has 68 valence electrons. The largest absolute Gasteiger partial charge is 3.00 e. The van der Waals surface area contributed by atoms with Crippen LogP contribution in [-0.2, 0) is 32.7 Å². The van der Waals surface area contributed by atoms with Crippen LogP contribution in [0.4, 0.5) is 5.69 Å². The fourth-order valence-electron chi connectivity index (χ4n) is 0.532. The molecule has 1 aromatic carbocycles. The van der Waals surface area contributed by atoms with Crippen LogP contribution < -0.4 is 11.1 Å². The second-order valence-electron chi connectivity index (χ2n) is 2.07. The number of nitrogens with two attached hydrogens (primary N) is 1. The topological polar surface area (TPSA) is 38.0 Å². The molecule has 3 N–H and O–H groups in total. The minimum Gasteiger partial charge on any atom is -0.420 e. The first-order chi connectivity index (χ1) is 5.81. The van der Waals surface area contributed by atoms with Crippen LogP contribution in [0.3, 0.4) is 0 Å². The Hall–Kier alpha value is 0.0839. The maximum Gasteiger partial charge on any atom is 3.00 e. The van der Waals surface area contributed by atoms with Crippen LogP contribution in [-0.4, -0.2) is 13.1 Å². The standard InChI is InChI=1S/C6H6N.C4H9N.Y/c7-6-4-2-1-3-5-6;1-3-5-4-2;/h1-4H,7H2;5H,1-4H2;/q-1;-2;+3. The third kappa shape index (κ3) is 12.1. The first-order valence-electron chi connectivity index (χ1n) is 3.82. The quantitative estimate of drug-likeness (QED) is 0.615. The molecule has 0 aliphatic heterocycles. The van der Waals surface area contributed by atoms with Crippen LogP contribution in [0.25, 0.3) is 0 Å². The van der Waals surface area contributed by atoms with Gasteiger partial charge in [-0.3, -0.25) is 0 Å². The van der Waals surface area contributed by atoms with Gasteiger partial charge in [-0.15, -0.1) is 19.2 Å². The molecule has 1 rings (SSSR count). The number of nitrogen functional groups attached to an aromatic ring is 1. The van der Waals surface area contributed by atoms with Crippen LogP contribution in [0.2, 0.25) is 0 Å². The van der Waals surface area contributed by atoms with Crippen molar-refractivity contribution in [2.45, 2.75) is 0 Å². The Bertz CT molecular complexity index is 176.